The molecule has 0 spiro atoms. The van der Waals surface area contributed by atoms with Crippen molar-refractivity contribution in [3.05, 3.63) is 70.2 Å². The van der Waals surface area contributed by atoms with Crippen LogP contribution in [0.5, 0.6) is 17.5 Å². The van der Waals surface area contributed by atoms with Gasteiger partial charge in [-0.1, -0.05) is 41.9 Å². The maximum atomic E-state index is 11.4. The molecule has 2 aliphatic rings. The number of aromatic nitrogens is 1. The smallest absolute Gasteiger partial charge is 0.236 e. The molecule has 1 saturated heterocycles. The average Bonchev–Trinajstić information content (AvgIpc) is 3.51. The summed E-state index contributed by atoms with van der Waals surface area (Å²) in [7, 11) is 3.27. The molecule has 2 atom stereocenters. The monoisotopic (exact) mass is 507 g/mol. The summed E-state index contributed by atoms with van der Waals surface area (Å²) in [5, 5.41) is 6.76. The molecule has 2 heterocycles. The van der Waals surface area contributed by atoms with E-state index in [1.807, 2.05) is 18.2 Å². The van der Waals surface area contributed by atoms with Crippen LogP contribution in [0.1, 0.15) is 42.1 Å². The molecule has 7 nitrogen and oxygen atoms in total. The summed E-state index contributed by atoms with van der Waals surface area (Å²) in [6.45, 7) is 1.21. The van der Waals surface area contributed by atoms with Crippen molar-refractivity contribution in [3.8, 4) is 28.6 Å². The molecule has 3 aromatic rings. The molecule has 0 radical (unpaired) electrons. The number of carbonyl (C=O) groups is 1. The first-order valence-corrected chi connectivity index (χ1v) is 12.6. The Morgan fingerprint density at radius 2 is 1.92 bits per heavy atom. The molecular weight excluding hydrogens is 478 g/mol. The van der Waals surface area contributed by atoms with E-state index in [2.05, 4.69) is 45.9 Å². The Morgan fingerprint density at radius 1 is 1.06 bits per heavy atom. The molecule has 0 saturated carbocycles. The van der Waals surface area contributed by atoms with Crippen LogP contribution in [0.15, 0.2) is 48.5 Å². The van der Waals surface area contributed by atoms with Crippen LogP contribution in [0.2, 0.25) is 5.02 Å². The highest BCUT2D eigenvalue weighted by Gasteiger charge is 2.28. The Labute approximate surface area is 216 Å². The fraction of sp³-hybridized carbons (Fsp3) is 0.357. The quantitative estimate of drug-likeness (QED) is 0.431. The molecular formula is C28H30ClN3O4. The maximum absolute atomic E-state index is 11.4. The van der Waals surface area contributed by atoms with Gasteiger partial charge in [-0.2, -0.15) is 4.98 Å². The fourth-order valence-corrected chi connectivity index (χ4v) is 5.24. The number of hydrogen-bond acceptors (Lipinski definition) is 6. The summed E-state index contributed by atoms with van der Waals surface area (Å²) in [4.78, 5) is 16.0. The van der Waals surface area contributed by atoms with Crippen molar-refractivity contribution in [1.82, 2.24) is 15.6 Å². The lowest BCUT2D eigenvalue weighted by Crippen LogP contribution is -2.35. The summed E-state index contributed by atoms with van der Waals surface area (Å²) < 4.78 is 17.3. The van der Waals surface area contributed by atoms with E-state index < -0.39 is 0 Å². The van der Waals surface area contributed by atoms with Gasteiger partial charge < -0.3 is 24.8 Å². The van der Waals surface area contributed by atoms with Gasteiger partial charge in [-0.05, 0) is 59.7 Å². The van der Waals surface area contributed by atoms with Crippen LogP contribution >= 0.6 is 11.6 Å². The lowest BCUT2D eigenvalue weighted by Gasteiger charge is -2.18. The molecule has 1 aliphatic heterocycles. The molecule has 1 aliphatic carbocycles. The van der Waals surface area contributed by atoms with Crippen LogP contribution in [0.25, 0.3) is 11.1 Å². The minimum absolute atomic E-state index is 0.106. The minimum atomic E-state index is -0.143. The number of halogens is 1. The summed E-state index contributed by atoms with van der Waals surface area (Å²) in [5.74, 6) is 1.78. The highest BCUT2D eigenvalue weighted by Crippen LogP contribution is 2.42. The lowest BCUT2D eigenvalue weighted by molar-refractivity contribution is -0.119. The summed E-state index contributed by atoms with van der Waals surface area (Å²) >= 11 is 6.61. The van der Waals surface area contributed by atoms with E-state index in [4.69, 9.17) is 25.8 Å². The first kappa shape index (κ1) is 24.4. The van der Waals surface area contributed by atoms with Gasteiger partial charge in [0.25, 0.3) is 0 Å². The van der Waals surface area contributed by atoms with Crippen molar-refractivity contribution in [2.75, 3.05) is 20.8 Å². The predicted molar refractivity (Wildman–Crippen MR) is 139 cm³/mol. The van der Waals surface area contributed by atoms with Gasteiger partial charge in [-0.25, -0.2) is 0 Å². The topological polar surface area (TPSA) is 81.7 Å². The number of rotatable bonds is 9. The van der Waals surface area contributed by atoms with E-state index >= 15 is 0 Å². The zero-order valence-corrected chi connectivity index (χ0v) is 21.2. The number of ether oxygens (including phenoxy) is 3. The molecule has 1 unspecified atom stereocenters. The van der Waals surface area contributed by atoms with Crippen LogP contribution in [0.4, 0.5) is 0 Å². The third-order valence-electron chi connectivity index (χ3n) is 6.82. The molecule has 1 fully saturated rings. The third kappa shape index (κ3) is 5.13. The summed E-state index contributed by atoms with van der Waals surface area (Å²) in [6.07, 6.45) is 3.03. The van der Waals surface area contributed by atoms with E-state index in [0.29, 0.717) is 36.3 Å². The molecule has 2 aromatic carbocycles. The Bertz CT molecular complexity index is 1270. The van der Waals surface area contributed by atoms with Crippen molar-refractivity contribution < 1.29 is 19.0 Å². The van der Waals surface area contributed by atoms with Crippen molar-refractivity contribution in [1.29, 1.82) is 0 Å². The Kier molecular flexibility index (Phi) is 7.30. The number of fused-ring (bicyclic) bond motifs is 1. The highest BCUT2D eigenvalue weighted by atomic mass is 35.5. The molecule has 8 heteroatoms. The van der Waals surface area contributed by atoms with E-state index in [9.17, 15) is 4.79 Å². The Morgan fingerprint density at radius 3 is 2.69 bits per heavy atom. The standard InChI is InChI=1S/C28H30ClN3O4/c1-34-20-6-3-5-17(13-20)21-7-4-8-23-22(21)10-11-25(23)36-28-24(29)14-18(27(32-28)35-2)15-30-16-19-9-12-26(33)31-19/h3-8,13-14,19,25,30H,9-12,15-16H2,1-2H3,(H,31,33)/t19?,25-/m0/s1. The van der Waals surface area contributed by atoms with Crippen LogP contribution in [0.3, 0.4) is 0 Å². The first-order valence-electron chi connectivity index (χ1n) is 12.2. The van der Waals surface area contributed by atoms with Gasteiger partial charge >= 0.3 is 0 Å². The second kappa shape index (κ2) is 10.8. The van der Waals surface area contributed by atoms with Crippen molar-refractivity contribution in [2.45, 2.75) is 44.4 Å². The molecule has 5 rings (SSSR count). The van der Waals surface area contributed by atoms with E-state index in [0.717, 1.165) is 41.7 Å². The molecule has 188 valence electrons. The number of carbonyl (C=O) groups excluding carboxylic acids is 1. The van der Waals surface area contributed by atoms with Gasteiger partial charge in [0, 0.05) is 31.1 Å². The van der Waals surface area contributed by atoms with Crippen LogP contribution in [-0.2, 0) is 17.8 Å². The highest BCUT2D eigenvalue weighted by molar-refractivity contribution is 6.31. The molecule has 1 amide bonds. The normalized spacial score (nSPS) is 18.6. The average molecular weight is 508 g/mol. The van der Waals surface area contributed by atoms with Crippen LogP contribution in [-0.4, -0.2) is 37.7 Å². The van der Waals surface area contributed by atoms with Crippen molar-refractivity contribution >= 4 is 17.5 Å². The second-order valence-electron chi connectivity index (χ2n) is 9.13. The maximum Gasteiger partial charge on any atom is 0.236 e. The van der Waals surface area contributed by atoms with E-state index in [-0.39, 0.29) is 18.1 Å². The van der Waals surface area contributed by atoms with Crippen molar-refractivity contribution in [2.24, 2.45) is 0 Å². The Balaban J connectivity index is 1.31. The number of hydrogen-bond donors (Lipinski definition) is 2. The van der Waals surface area contributed by atoms with Gasteiger partial charge in [-0.3, -0.25) is 4.79 Å². The lowest BCUT2D eigenvalue weighted by atomic mass is 9.96. The van der Waals surface area contributed by atoms with Gasteiger partial charge in [0.1, 0.15) is 16.9 Å². The molecule has 36 heavy (non-hydrogen) atoms. The number of benzene rings is 2. The molecule has 1 aromatic heterocycles. The minimum Gasteiger partial charge on any atom is -0.497 e. The SMILES string of the molecule is COc1cccc(-c2cccc3c2CC[C@@H]3Oc2nc(OC)c(CNCC3CCC(=O)N3)cc2Cl)c1. The van der Waals surface area contributed by atoms with Gasteiger partial charge in [0.2, 0.25) is 17.7 Å². The summed E-state index contributed by atoms with van der Waals surface area (Å²) in [5.41, 5.74) is 5.58. The molecule has 2 N–H and O–H groups in total. The number of pyridine rings is 1. The molecule has 0 bridgehead atoms. The number of nitrogens with one attached hydrogen (secondary N) is 2. The van der Waals surface area contributed by atoms with Crippen molar-refractivity contribution in [3.63, 3.8) is 0 Å². The Hall–Kier alpha value is -3.29. The van der Waals surface area contributed by atoms with Gasteiger partial charge in [0.15, 0.2) is 0 Å². The number of methoxy groups -OCH3 is 2. The zero-order valence-electron chi connectivity index (χ0n) is 20.5. The number of amides is 1. The van der Waals surface area contributed by atoms with Gasteiger partial charge in [-0.15, -0.1) is 0 Å². The predicted octanol–water partition coefficient (Wildman–Crippen LogP) is 4.85. The van der Waals surface area contributed by atoms with E-state index in [1.165, 1.54) is 11.1 Å². The van der Waals surface area contributed by atoms with Crippen LogP contribution in [0, 0.1) is 0 Å². The largest absolute Gasteiger partial charge is 0.497 e. The second-order valence-corrected chi connectivity index (χ2v) is 9.54. The van der Waals surface area contributed by atoms with Gasteiger partial charge in [0.05, 0.1) is 14.2 Å². The zero-order chi connectivity index (χ0) is 25.1. The first-order chi connectivity index (χ1) is 17.6. The van der Waals surface area contributed by atoms with Crippen LogP contribution < -0.4 is 24.8 Å². The number of nitrogens with zero attached hydrogens (tertiary/aromatic N) is 1. The van der Waals surface area contributed by atoms with E-state index in [1.54, 1.807) is 14.2 Å². The fourth-order valence-electron chi connectivity index (χ4n) is 5.03. The summed E-state index contributed by atoms with van der Waals surface area (Å²) in [6, 6.07) is 16.4. The third-order valence-corrected chi connectivity index (χ3v) is 7.09.